The number of hydrogen-bond acceptors (Lipinski definition) is 4. The van der Waals surface area contributed by atoms with E-state index in [9.17, 15) is 4.79 Å². The first kappa shape index (κ1) is 11.9. The SMILES string of the molecule is COc1ccccc1NC(=O)c1ccnc(N)c1. The van der Waals surface area contributed by atoms with E-state index in [1.165, 1.54) is 12.3 Å². The molecule has 1 aromatic carbocycles. The van der Waals surface area contributed by atoms with Crippen molar-refractivity contribution < 1.29 is 9.53 Å². The number of nitrogens with one attached hydrogen (secondary N) is 1. The fourth-order valence-electron chi connectivity index (χ4n) is 1.53. The average Bonchev–Trinajstić information content (AvgIpc) is 2.39. The zero-order valence-corrected chi connectivity index (χ0v) is 9.88. The lowest BCUT2D eigenvalue weighted by Gasteiger charge is -2.09. The molecule has 0 atom stereocenters. The molecule has 0 aliphatic heterocycles. The second-order valence-corrected chi connectivity index (χ2v) is 3.62. The number of nitrogens with two attached hydrogens (primary N) is 1. The summed E-state index contributed by atoms with van der Waals surface area (Å²) in [5.41, 5.74) is 6.59. The monoisotopic (exact) mass is 243 g/mol. The average molecular weight is 243 g/mol. The van der Waals surface area contributed by atoms with E-state index in [4.69, 9.17) is 10.5 Å². The molecule has 2 aromatic rings. The number of aromatic nitrogens is 1. The highest BCUT2D eigenvalue weighted by Gasteiger charge is 2.09. The van der Waals surface area contributed by atoms with Crippen LogP contribution in [-0.4, -0.2) is 18.0 Å². The lowest BCUT2D eigenvalue weighted by atomic mass is 10.2. The van der Waals surface area contributed by atoms with Crippen LogP contribution in [0.2, 0.25) is 0 Å². The molecule has 3 N–H and O–H groups in total. The molecule has 5 nitrogen and oxygen atoms in total. The van der Waals surface area contributed by atoms with E-state index >= 15 is 0 Å². The molecule has 0 fully saturated rings. The Bertz CT molecular complexity index is 570. The van der Waals surface area contributed by atoms with E-state index in [0.717, 1.165) is 0 Å². The van der Waals surface area contributed by atoms with Gasteiger partial charge in [-0.1, -0.05) is 12.1 Å². The van der Waals surface area contributed by atoms with Gasteiger partial charge in [0.2, 0.25) is 0 Å². The Morgan fingerprint density at radius 1 is 1.33 bits per heavy atom. The van der Waals surface area contributed by atoms with Crippen LogP contribution in [0.15, 0.2) is 42.6 Å². The highest BCUT2D eigenvalue weighted by Crippen LogP contribution is 2.23. The van der Waals surface area contributed by atoms with Crippen LogP contribution in [0.25, 0.3) is 0 Å². The predicted molar refractivity (Wildman–Crippen MR) is 69.6 cm³/mol. The van der Waals surface area contributed by atoms with Crippen LogP contribution >= 0.6 is 0 Å². The van der Waals surface area contributed by atoms with Gasteiger partial charge >= 0.3 is 0 Å². The Hall–Kier alpha value is -2.56. The highest BCUT2D eigenvalue weighted by molar-refractivity contribution is 6.05. The Morgan fingerprint density at radius 2 is 2.11 bits per heavy atom. The van der Waals surface area contributed by atoms with Gasteiger partial charge in [0.05, 0.1) is 12.8 Å². The van der Waals surface area contributed by atoms with Gasteiger partial charge in [-0.25, -0.2) is 4.98 Å². The molecule has 0 aliphatic carbocycles. The minimum absolute atomic E-state index is 0.256. The van der Waals surface area contributed by atoms with Gasteiger partial charge in [0.25, 0.3) is 5.91 Å². The van der Waals surface area contributed by atoms with E-state index in [-0.39, 0.29) is 5.91 Å². The van der Waals surface area contributed by atoms with Gasteiger partial charge in [0, 0.05) is 11.8 Å². The Morgan fingerprint density at radius 3 is 2.83 bits per heavy atom. The second-order valence-electron chi connectivity index (χ2n) is 3.62. The van der Waals surface area contributed by atoms with Gasteiger partial charge in [-0.15, -0.1) is 0 Å². The summed E-state index contributed by atoms with van der Waals surface area (Å²) in [6, 6.07) is 10.3. The predicted octanol–water partition coefficient (Wildman–Crippen LogP) is 1.92. The van der Waals surface area contributed by atoms with Crippen molar-refractivity contribution in [2.75, 3.05) is 18.2 Å². The van der Waals surface area contributed by atoms with E-state index in [0.29, 0.717) is 22.8 Å². The van der Waals surface area contributed by atoms with Crippen molar-refractivity contribution in [3.8, 4) is 5.75 Å². The number of pyridine rings is 1. The molecule has 1 amide bonds. The maximum Gasteiger partial charge on any atom is 0.255 e. The number of ether oxygens (including phenoxy) is 1. The molecule has 0 aliphatic rings. The second kappa shape index (κ2) is 5.18. The Labute approximate surface area is 105 Å². The molecule has 1 aromatic heterocycles. The molecular weight excluding hydrogens is 230 g/mol. The Balaban J connectivity index is 2.21. The third-order valence-corrected chi connectivity index (χ3v) is 2.40. The molecular formula is C13H13N3O2. The Kier molecular flexibility index (Phi) is 3.43. The molecule has 0 saturated heterocycles. The summed E-state index contributed by atoms with van der Waals surface area (Å²) in [6.45, 7) is 0. The van der Waals surface area contributed by atoms with Crippen LogP contribution in [0.5, 0.6) is 5.75 Å². The molecule has 18 heavy (non-hydrogen) atoms. The zero-order valence-electron chi connectivity index (χ0n) is 9.88. The maximum atomic E-state index is 12.0. The molecule has 0 unspecified atom stereocenters. The van der Waals surface area contributed by atoms with Crippen molar-refractivity contribution in [2.45, 2.75) is 0 Å². The van der Waals surface area contributed by atoms with Crippen LogP contribution in [0.3, 0.4) is 0 Å². The number of hydrogen-bond donors (Lipinski definition) is 2. The first-order chi connectivity index (χ1) is 8.70. The zero-order chi connectivity index (χ0) is 13.0. The van der Waals surface area contributed by atoms with Gasteiger partial charge in [-0.2, -0.15) is 0 Å². The lowest BCUT2D eigenvalue weighted by molar-refractivity contribution is 0.102. The van der Waals surface area contributed by atoms with Crippen LogP contribution in [0.4, 0.5) is 11.5 Å². The van der Waals surface area contributed by atoms with Gasteiger partial charge in [-0.05, 0) is 24.3 Å². The first-order valence-corrected chi connectivity index (χ1v) is 5.36. The molecule has 1 heterocycles. The van der Waals surface area contributed by atoms with E-state index in [1.54, 1.807) is 25.3 Å². The third-order valence-electron chi connectivity index (χ3n) is 2.40. The normalized spacial score (nSPS) is 9.83. The van der Waals surface area contributed by atoms with Crippen LogP contribution in [0, 0.1) is 0 Å². The van der Waals surface area contributed by atoms with Crippen molar-refractivity contribution in [3.05, 3.63) is 48.2 Å². The molecule has 0 bridgehead atoms. The number of benzene rings is 1. The van der Waals surface area contributed by atoms with Gasteiger partial charge < -0.3 is 15.8 Å². The molecule has 5 heteroatoms. The standard InChI is InChI=1S/C13H13N3O2/c1-18-11-5-3-2-4-10(11)16-13(17)9-6-7-15-12(14)8-9/h2-8H,1H3,(H2,14,15)(H,16,17). The number of para-hydroxylation sites is 2. The number of carbonyl (C=O) groups is 1. The van der Waals surface area contributed by atoms with Crippen molar-refractivity contribution in [1.29, 1.82) is 0 Å². The summed E-state index contributed by atoms with van der Waals surface area (Å²) in [6.07, 6.45) is 1.49. The van der Waals surface area contributed by atoms with E-state index in [2.05, 4.69) is 10.3 Å². The topological polar surface area (TPSA) is 77.2 Å². The number of methoxy groups -OCH3 is 1. The fraction of sp³-hybridized carbons (Fsp3) is 0.0769. The molecule has 0 radical (unpaired) electrons. The third kappa shape index (κ3) is 2.57. The van der Waals surface area contributed by atoms with Crippen LogP contribution in [0.1, 0.15) is 10.4 Å². The quantitative estimate of drug-likeness (QED) is 0.863. The van der Waals surface area contributed by atoms with Gasteiger partial charge in [-0.3, -0.25) is 4.79 Å². The van der Waals surface area contributed by atoms with Crippen molar-refractivity contribution in [1.82, 2.24) is 4.98 Å². The number of amides is 1. The van der Waals surface area contributed by atoms with E-state index in [1.807, 2.05) is 12.1 Å². The molecule has 2 rings (SSSR count). The minimum atomic E-state index is -0.256. The number of rotatable bonds is 3. The fourth-order valence-corrected chi connectivity index (χ4v) is 1.53. The van der Waals surface area contributed by atoms with Crippen molar-refractivity contribution in [2.24, 2.45) is 0 Å². The van der Waals surface area contributed by atoms with Gasteiger partial charge in [0.15, 0.2) is 0 Å². The maximum absolute atomic E-state index is 12.0. The molecule has 0 spiro atoms. The summed E-state index contributed by atoms with van der Waals surface area (Å²) >= 11 is 0. The number of nitrogen functional groups attached to an aromatic ring is 1. The number of nitrogens with zero attached hydrogens (tertiary/aromatic N) is 1. The highest BCUT2D eigenvalue weighted by atomic mass is 16.5. The number of carbonyl (C=O) groups excluding carboxylic acids is 1. The summed E-state index contributed by atoms with van der Waals surface area (Å²) in [5, 5.41) is 2.76. The van der Waals surface area contributed by atoms with Crippen LogP contribution in [-0.2, 0) is 0 Å². The molecule has 0 saturated carbocycles. The summed E-state index contributed by atoms with van der Waals surface area (Å²) in [5.74, 6) is 0.657. The van der Waals surface area contributed by atoms with Crippen molar-refractivity contribution in [3.63, 3.8) is 0 Å². The first-order valence-electron chi connectivity index (χ1n) is 5.36. The smallest absolute Gasteiger partial charge is 0.255 e. The molecule has 92 valence electrons. The van der Waals surface area contributed by atoms with E-state index < -0.39 is 0 Å². The van der Waals surface area contributed by atoms with Gasteiger partial charge in [0.1, 0.15) is 11.6 Å². The minimum Gasteiger partial charge on any atom is -0.495 e. The summed E-state index contributed by atoms with van der Waals surface area (Å²) < 4.78 is 5.15. The lowest BCUT2D eigenvalue weighted by Crippen LogP contribution is -2.13. The summed E-state index contributed by atoms with van der Waals surface area (Å²) in [4.78, 5) is 15.8. The number of anilines is 2. The van der Waals surface area contributed by atoms with Crippen molar-refractivity contribution >= 4 is 17.4 Å². The van der Waals surface area contributed by atoms with Crippen LogP contribution < -0.4 is 15.8 Å². The largest absolute Gasteiger partial charge is 0.495 e. The summed E-state index contributed by atoms with van der Waals surface area (Å²) in [7, 11) is 1.55.